The molecule has 2 heterocycles. The summed E-state index contributed by atoms with van der Waals surface area (Å²) >= 11 is 0. The lowest BCUT2D eigenvalue weighted by molar-refractivity contribution is -0.140. The van der Waals surface area contributed by atoms with Gasteiger partial charge < -0.3 is 19.2 Å². The van der Waals surface area contributed by atoms with Crippen LogP contribution in [0.5, 0.6) is 11.5 Å². The van der Waals surface area contributed by atoms with Gasteiger partial charge in [0.25, 0.3) is 0 Å². The first kappa shape index (κ1) is 20.4. The van der Waals surface area contributed by atoms with Crippen molar-refractivity contribution in [3.8, 4) is 11.5 Å². The fourth-order valence-electron chi connectivity index (χ4n) is 3.32. The molecule has 1 aromatic carbocycles. The van der Waals surface area contributed by atoms with Gasteiger partial charge in [-0.1, -0.05) is 6.07 Å². The molecule has 0 bridgehead atoms. The van der Waals surface area contributed by atoms with E-state index in [4.69, 9.17) is 14.2 Å². The number of H-pyrrole nitrogens is 1. The van der Waals surface area contributed by atoms with E-state index in [1.165, 1.54) is 19.9 Å². The maximum absolute atomic E-state index is 12.6. The van der Waals surface area contributed by atoms with Gasteiger partial charge in [-0.25, -0.2) is 4.79 Å². The van der Waals surface area contributed by atoms with Gasteiger partial charge in [-0.3, -0.25) is 9.59 Å². The topological polar surface area (TPSA) is 94.7 Å². The van der Waals surface area contributed by atoms with E-state index >= 15 is 0 Å². The van der Waals surface area contributed by atoms with E-state index in [1.807, 2.05) is 0 Å². The molecule has 1 aliphatic rings. The van der Waals surface area contributed by atoms with E-state index in [1.54, 1.807) is 38.1 Å². The van der Waals surface area contributed by atoms with Crippen molar-refractivity contribution in [3.05, 3.63) is 52.4 Å². The molecule has 0 fully saturated rings. The van der Waals surface area contributed by atoms with Crippen LogP contribution in [0.4, 0.5) is 0 Å². The number of esters is 1. The van der Waals surface area contributed by atoms with Crippen LogP contribution in [0.1, 0.15) is 51.5 Å². The second-order valence-corrected chi connectivity index (χ2v) is 6.86. The maximum atomic E-state index is 12.6. The van der Waals surface area contributed by atoms with Crippen LogP contribution < -0.4 is 9.47 Å². The number of nitrogens with one attached hydrogen (secondary N) is 1. The Labute approximate surface area is 168 Å². The van der Waals surface area contributed by atoms with E-state index in [0.717, 1.165) is 5.56 Å². The average Bonchev–Trinajstić information content (AvgIpc) is 2.99. The van der Waals surface area contributed by atoms with Crippen molar-refractivity contribution in [3.63, 3.8) is 0 Å². The van der Waals surface area contributed by atoms with Crippen molar-refractivity contribution in [1.29, 1.82) is 0 Å². The second kappa shape index (κ2) is 8.34. The summed E-state index contributed by atoms with van der Waals surface area (Å²) in [7, 11) is 0. The minimum Gasteiger partial charge on any atom is -0.486 e. The molecular formula is C22H23NO6. The molecule has 0 amide bonds. The highest BCUT2D eigenvalue weighted by molar-refractivity contribution is 6.05. The molecular weight excluding hydrogens is 374 g/mol. The predicted octanol–water partition coefficient (Wildman–Crippen LogP) is 3.43. The number of aryl methyl sites for hydroxylation is 1. The van der Waals surface area contributed by atoms with E-state index in [-0.39, 0.29) is 17.3 Å². The summed E-state index contributed by atoms with van der Waals surface area (Å²) in [5.41, 5.74) is 2.70. The van der Waals surface area contributed by atoms with Gasteiger partial charge in [0.15, 0.2) is 23.4 Å². The zero-order valence-corrected chi connectivity index (χ0v) is 16.8. The highest BCUT2D eigenvalue weighted by Gasteiger charge is 2.25. The molecule has 1 N–H and O–H groups in total. The average molecular weight is 397 g/mol. The van der Waals surface area contributed by atoms with Crippen LogP contribution in [-0.2, 0) is 9.53 Å². The number of carbonyl (C=O) groups excluding carboxylic acids is 3. The quantitative estimate of drug-likeness (QED) is 0.456. The predicted molar refractivity (Wildman–Crippen MR) is 107 cm³/mol. The van der Waals surface area contributed by atoms with Gasteiger partial charge in [-0.15, -0.1) is 0 Å². The summed E-state index contributed by atoms with van der Waals surface area (Å²) in [6.45, 7) is 7.36. The molecule has 7 heteroatoms. The molecule has 0 aliphatic carbocycles. The number of carbonyl (C=O) groups is 3. The molecule has 1 aliphatic heterocycles. The third-order valence-electron chi connectivity index (χ3n) is 4.68. The van der Waals surface area contributed by atoms with E-state index < -0.39 is 12.1 Å². The van der Waals surface area contributed by atoms with Gasteiger partial charge in [-0.05, 0) is 57.0 Å². The Morgan fingerprint density at radius 3 is 2.48 bits per heavy atom. The summed E-state index contributed by atoms with van der Waals surface area (Å²) < 4.78 is 16.2. The van der Waals surface area contributed by atoms with Crippen LogP contribution in [0.25, 0.3) is 6.08 Å². The van der Waals surface area contributed by atoms with E-state index in [9.17, 15) is 14.4 Å². The standard InChI is InChI=1S/C22H23NO6/c1-12-20(14(3)24)13(2)23-21(12)22(26)15(4)29-19(25)8-6-16-5-7-17-18(11-16)28-10-9-27-17/h5-8,11,15,23H,9-10H2,1-4H3/b8-6+/t15-/m0/s1. The lowest BCUT2D eigenvalue weighted by Gasteiger charge is -2.18. The number of hydrogen-bond acceptors (Lipinski definition) is 6. The number of ether oxygens (including phenoxy) is 3. The van der Waals surface area contributed by atoms with E-state index in [0.29, 0.717) is 41.5 Å². The van der Waals surface area contributed by atoms with Crippen LogP contribution in [0.3, 0.4) is 0 Å². The first-order chi connectivity index (χ1) is 13.8. The largest absolute Gasteiger partial charge is 0.486 e. The summed E-state index contributed by atoms with van der Waals surface area (Å²) in [4.78, 5) is 39.5. The maximum Gasteiger partial charge on any atom is 0.331 e. The van der Waals surface area contributed by atoms with Crippen LogP contribution in [-0.4, -0.2) is 41.8 Å². The smallest absolute Gasteiger partial charge is 0.331 e. The summed E-state index contributed by atoms with van der Waals surface area (Å²) in [6.07, 6.45) is 1.84. The van der Waals surface area contributed by atoms with E-state index in [2.05, 4.69) is 4.98 Å². The molecule has 3 rings (SSSR count). The highest BCUT2D eigenvalue weighted by Crippen LogP contribution is 2.31. The minimum atomic E-state index is -0.996. The molecule has 7 nitrogen and oxygen atoms in total. The number of fused-ring (bicyclic) bond motifs is 1. The van der Waals surface area contributed by atoms with Gasteiger partial charge in [0, 0.05) is 17.3 Å². The monoisotopic (exact) mass is 397 g/mol. The van der Waals surface area contributed by atoms with Crippen LogP contribution in [0.2, 0.25) is 0 Å². The molecule has 0 spiro atoms. The van der Waals surface area contributed by atoms with Crippen LogP contribution in [0.15, 0.2) is 24.3 Å². The number of aromatic nitrogens is 1. The fraction of sp³-hybridized carbons (Fsp3) is 0.318. The molecule has 0 radical (unpaired) electrons. The van der Waals surface area contributed by atoms with Crippen molar-refractivity contribution in [2.24, 2.45) is 0 Å². The molecule has 0 saturated carbocycles. The third kappa shape index (κ3) is 4.39. The first-order valence-corrected chi connectivity index (χ1v) is 9.30. The Morgan fingerprint density at radius 1 is 1.14 bits per heavy atom. The van der Waals surface area contributed by atoms with Gasteiger partial charge in [0.1, 0.15) is 13.2 Å². The minimum absolute atomic E-state index is 0.123. The van der Waals surface area contributed by atoms with Crippen molar-refractivity contribution in [2.45, 2.75) is 33.8 Å². The zero-order chi connectivity index (χ0) is 21.1. The molecule has 0 saturated heterocycles. The van der Waals surface area contributed by atoms with Crippen molar-refractivity contribution < 1.29 is 28.6 Å². The normalized spacial score (nSPS) is 13.9. The molecule has 1 aromatic heterocycles. The van der Waals surface area contributed by atoms with Gasteiger partial charge in [0.2, 0.25) is 5.78 Å². The van der Waals surface area contributed by atoms with Crippen molar-refractivity contribution >= 4 is 23.6 Å². The van der Waals surface area contributed by atoms with Crippen molar-refractivity contribution in [1.82, 2.24) is 4.98 Å². The third-order valence-corrected chi connectivity index (χ3v) is 4.68. The number of aromatic amines is 1. The summed E-state index contributed by atoms with van der Waals surface area (Å²) in [5.74, 6) is 0.126. The Kier molecular flexibility index (Phi) is 5.87. The Bertz CT molecular complexity index is 1000. The van der Waals surface area contributed by atoms with Crippen molar-refractivity contribution in [2.75, 3.05) is 13.2 Å². The summed E-state index contributed by atoms with van der Waals surface area (Å²) in [6, 6.07) is 5.33. The molecule has 1 atom stereocenters. The SMILES string of the molecule is CC(=O)c1c(C)[nH]c(C(=O)[C@H](C)OC(=O)/C=C/c2ccc3c(c2)OCCO3)c1C. The number of Topliss-reactive ketones (excluding diaryl/α,β-unsaturated/α-hetero) is 2. The Balaban J connectivity index is 1.66. The number of benzene rings is 1. The molecule has 2 aromatic rings. The lowest BCUT2D eigenvalue weighted by atomic mass is 10.0. The zero-order valence-electron chi connectivity index (χ0n) is 16.8. The lowest BCUT2D eigenvalue weighted by Crippen LogP contribution is -2.24. The Morgan fingerprint density at radius 2 is 1.83 bits per heavy atom. The van der Waals surface area contributed by atoms with Gasteiger partial charge >= 0.3 is 5.97 Å². The van der Waals surface area contributed by atoms with Crippen LogP contribution >= 0.6 is 0 Å². The number of ketones is 2. The molecule has 0 unspecified atom stereocenters. The number of rotatable bonds is 6. The highest BCUT2D eigenvalue weighted by atomic mass is 16.6. The number of hydrogen-bond donors (Lipinski definition) is 1. The molecule has 152 valence electrons. The summed E-state index contributed by atoms with van der Waals surface area (Å²) in [5, 5.41) is 0. The second-order valence-electron chi connectivity index (χ2n) is 6.86. The Hall–Kier alpha value is -3.35. The van der Waals surface area contributed by atoms with Gasteiger partial charge in [-0.2, -0.15) is 0 Å². The fourth-order valence-corrected chi connectivity index (χ4v) is 3.32. The van der Waals surface area contributed by atoms with Gasteiger partial charge in [0.05, 0.1) is 5.69 Å². The first-order valence-electron chi connectivity index (χ1n) is 9.30. The molecule has 29 heavy (non-hydrogen) atoms. The van der Waals surface area contributed by atoms with Crippen LogP contribution in [0, 0.1) is 13.8 Å².